The van der Waals surface area contributed by atoms with Crippen molar-refractivity contribution >= 4 is 28.2 Å². The maximum Gasteiger partial charge on any atom is 0.311 e. The third-order valence-corrected chi connectivity index (χ3v) is 6.07. The number of rotatable bonds is 4. The molecule has 0 radical (unpaired) electrons. The topological polar surface area (TPSA) is 81.0 Å². The maximum absolute atomic E-state index is 13.1. The van der Waals surface area contributed by atoms with Crippen LogP contribution in [0.25, 0.3) is 4.96 Å². The van der Waals surface area contributed by atoms with E-state index >= 15 is 0 Å². The van der Waals surface area contributed by atoms with Crippen LogP contribution in [-0.2, 0) is 16.1 Å². The lowest BCUT2D eigenvalue weighted by Crippen LogP contribution is -2.42. The number of piperidine rings is 1. The zero-order valence-electron chi connectivity index (χ0n) is 16.3. The average molecular weight is 429 g/mol. The zero-order valence-corrected chi connectivity index (χ0v) is 17.2. The average Bonchev–Trinajstić information content (AvgIpc) is 3.13. The van der Waals surface area contributed by atoms with Gasteiger partial charge in [-0.1, -0.05) is 0 Å². The molecule has 0 aliphatic carbocycles. The molecule has 2 aromatic heterocycles. The number of hydrogen-bond donors (Lipinski definition) is 0. The molecule has 4 rings (SSSR count). The number of aryl methyl sites for hydroxylation is 1. The summed E-state index contributed by atoms with van der Waals surface area (Å²) in [6, 6.07) is 6.72. The van der Waals surface area contributed by atoms with E-state index in [9.17, 15) is 18.8 Å². The van der Waals surface area contributed by atoms with Crippen LogP contribution in [0, 0.1) is 18.7 Å². The first-order valence-electron chi connectivity index (χ1n) is 9.60. The van der Waals surface area contributed by atoms with Crippen LogP contribution in [0.5, 0.6) is 0 Å². The summed E-state index contributed by atoms with van der Waals surface area (Å²) in [4.78, 5) is 43.9. The Balaban J connectivity index is 1.39. The number of aromatic nitrogens is 2. The molecule has 1 unspecified atom stereocenters. The molecule has 9 heteroatoms. The van der Waals surface area contributed by atoms with E-state index in [1.165, 1.54) is 46.1 Å². The summed E-state index contributed by atoms with van der Waals surface area (Å²) in [6.07, 6.45) is 1.29. The summed E-state index contributed by atoms with van der Waals surface area (Å²) in [7, 11) is 0. The molecule has 1 aliphatic heterocycles. The normalized spacial score (nSPS) is 16.6. The number of nitrogens with zero attached hydrogens (tertiary/aromatic N) is 3. The molecule has 0 spiro atoms. The molecule has 1 fully saturated rings. The monoisotopic (exact) mass is 429 g/mol. The second kappa shape index (κ2) is 8.35. The SMILES string of the molecule is Cc1csc2nc(COC(=O)C3CCCN(C(=O)c4ccc(F)cc4)C3)cc(=O)n12. The number of amides is 1. The van der Waals surface area contributed by atoms with Gasteiger partial charge in [0.15, 0.2) is 4.96 Å². The van der Waals surface area contributed by atoms with Crippen LogP contribution >= 0.6 is 11.3 Å². The largest absolute Gasteiger partial charge is 0.459 e. The Kier molecular flexibility index (Phi) is 5.63. The minimum atomic E-state index is -0.447. The molecule has 0 saturated carbocycles. The van der Waals surface area contributed by atoms with Crippen LogP contribution in [0.3, 0.4) is 0 Å². The maximum atomic E-state index is 13.1. The van der Waals surface area contributed by atoms with Crippen molar-refractivity contribution in [2.24, 2.45) is 5.92 Å². The highest BCUT2D eigenvalue weighted by Crippen LogP contribution is 2.21. The van der Waals surface area contributed by atoms with Gasteiger partial charge < -0.3 is 9.64 Å². The van der Waals surface area contributed by atoms with Crippen molar-refractivity contribution in [3.05, 3.63) is 68.8 Å². The molecule has 30 heavy (non-hydrogen) atoms. The summed E-state index contributed by atoms with van der Waals surface area (Å²) in [5, 5.41) is 1.84. The molecule has 1 amide bonds. The number of carbonyl (C=O) groups is 2. The van der Waals surface area contributed by atoms with Gasteiger partial charge in [-0.25, -0.2) is 9.37 Å². The summed E-state index contributed by atoms with van der Waals surface area (Å²) in [5.41, 5.74) is 1.38. The fourth-order valence-corrected chi connectivity index (χ4v) is 4.46. The van der Waals surface area contributed by atoms with Crippen molar-refractivity contribution in [1.82, 2.24) is 14.3 Å². The molecule has 0 N–H and O–H groups in total. The van der Waals surface area contributed by atoms with Crippen molar-refractivity contribution < 1.29 is 18.7 Å². The summed E-state index contributed by atoms with van der Waals surface area (Å²) in [6.45, 7) is 2.51. The molecular formula is C21H20FN3O4S. The Bertz CT molecular complexity index is 1160. The molecule has 1 atom stereocenters. The van der Waals surface area contributed by atoms with E-state index in [1.807, 2.05) is 12.3 Å². The molecule has 156 valence electrons. The number of carbonyl (C=O) groups excluding carboxylic acids is 2. The first kappa shape index (κ1) is 20.2. The molecule has 3 aromatic rings. The van der Waals surface area contributed by atoms with Gasteiger partial charge >= 0.3 is 5.97 Å². The van der Waals surface area contributed by atoms with E-state index in [0.29, 0.717) is 35.6 Å². The van der Waals surface area contributed by atoms with Crippen molar-refractivity contribution in [2.75, 3.05) is 13.1 Å². The van der Waals surface area contributed by atoms with E-state index in [0.717, 1.165) is 5.69 Å². The van der Waals surface area contributed by atoms with Crippen LogP contribution in [-0.4, -0.2) is 39.3 Å². The van der Waals surface area contributed by atoms with Crippen molar-refractivity contribution in [3.63, 3.8) is 0 Å². The Morgan fingerprint density at radius 2 is 2.07 bits per heavy atom. The number of thiazole rings is 1. The van der Waals surface area contributed by atoms with Gasteiger partial charge in [0.05, 0.1) is 11.6 Å². The number of ether oxygens (including phenoxy) is 1. The fraction of sp³-hybridized carbons (Fsp3) is 0.333. The second-order valence-corrected chi connectivity index (χ2v) is 8.12. The number of likely N-dealkylation sites (tertiary alicyclic amines) is 1. The molecule has 3 heterocycles. The zero-order chi connectivity index (χ0) is 21.3. The van der Waals surface area contributed by atoms with Gasteiger partial charge in [-0.2, -0.15) is 0 Å². The molecule has 7 nitrogen and oxygen atoms in total. The summed E-state index contributed by atoms with van der Waals surface area (Å²) >= 11 is 1.35. The Labute approximate surface area is 175 Å². The van der Waals surface area contributed by atoms with Gasteiger partial charge in [0.25, 0.3) is 11.5 Å². The summed E-state index contributed by atoms with van der Waals surface area (Å²) in [5.74, 6) is -1.51. The lowest BCUT2D eigenvalue weighted by atomic mass is 9.97. The van der Waals surface area contributed by atoms with Gasteiger partial charge in [-0.3, -0.25) is 18.8 Å². The number of halogens is 1. The lowest BCUT2D eigenvalue weighted by molar-refractivity contribution is -0.151. The predicted octanol–water partition coefficient (Wildman–Crippen LogP) is 2.80. The number of hydrogen-bond acceptors (Lipinski definition) is 6. The van der Waals surface area contributed by atoms with Gasteiger partial charge in [0.1, 0.15) is 12.4 Å². The molecule has 1 aromatic carbocycles. The first-order valence-corrected chi connectivity index (χ1v) is 10.5. The number of esters is 1. The number of benzene rings is 1. The van der Waals surface area contributed by atoms with E-state index in [1.54, 1.807) is 4.90 Å². The molecule has 1 saturated heterocycles. The van der Waals surface area contributed by atoms with E-state index in [4.69, 9.17) is 4.74 Å². The van der Waals surface area contributed by atoms with Crippen LogP contribution in [0.15, 0.2) is 40.5 Å². The second-order valence-electron chi connectivity index (χ2n) is 7.29. The van der Waals surface area contributed by atoms with E-state index in [-0.39, 0.29) is 24.6 Å². The van der Waals surface area contributed by atoms with Crippen LogP contribution in [0.1, 0.15) is 34.6 Å². The highest BCUT2D eigenvalue weighted by atomic mass is 32.1. The first-order chi connectivity index (χ1) is 14.4. The van der Waals surface area contributed by atoms with E-state index in [2.05, 4.69) is 4.98 Å². The molecular weight excluding hydrogens is 409 g/mol. The smallest absolute Gasteiger partial charge is 0.311 e. The lowest BCUT2D eigenvalue weighted by Gasteiger charge is -2.31. The van der Waals surface area contributed by atoms with Crippen molar-refractivity contribution in [3.8, 4) is 0 Å². The third-order valence-electron chi connectivity index (χ3n) is 5.12. The van der Waals surface area contributed by atoms with Crippen molar-refractivity contribution in [1.29, 1.82) is 0 Å². The summed E-state index contributed by atoms with van der Waals surface area (Å²) < 4.78 is 20.0. The Morgan fingerprint density at radius 1 is 1.30 bits per heavy atom. The fourth-order valence-electron chi connectivity index (χ4n) is 3.57. The highest BCUT2D eigenvalue weighted by molar-refractivity contribution is 7.15. The Morgan fingerprint density at radius 3 is 2.83 bits per heavy atom. The van der Waals surface area contributed by atoms with Gasteiger partial charge in [0.2, 0.25) is 0 Å². The van der Waals surface area contributed by atoms with Crippen LogP contribution < -0.4 is 5.56 Å². The van der Waals surface area contributed by atoms with Crippen molar-refractivity contribution in [2.45, 2.75) is 26.4 Å². The van der Waals surface area contributed by atoms with Crippen LogP contribution in [0.2, 0.25) is 0 Å². The number of fused-ring (bicyclic) bond motifs is 1. The minimum absolute atomic E-state index is 0.0933. The van der Waals surface area contributed by atoms with Gasteiger partial charge in [-0.15, -0.1) is 11.3 Å². The molecule has 1 aliphatic rings. The van der Waals surface area contributed by atoms with Gasteiger partial charge in [-0.05, 0) is 44.0 Å². The minimum Gasteiger partial charge on any atom is -0.459 e. The third kappa shape index (κ3) is 4.11. The molecule has 0 bridgehead atoms. The quantitative estimate of drug-likeness (QED) is 0.596. The highest BCUT2D eigenvalue weighted by Gasteiger charge is 2.30. The van der Waals surface area contributed by atoms with Crippen LogP contribution in [0.4, 0.5) is 4.39 Å². The van der Waals surface area contributed by atoms with E-state index < -0.39 is 17.7 Å². The predicted molar refractivity (Wildman–Crippen MR) is 109 cm³/mol. The van der Waals surface area contributed by atoms with Gasteiger partial charge in [0, 0.05) is 35.8 Å². The Hall–Kier alpha value is -3.07. The standard InChI is InChI=1S/C21H20FN3O4S/c1-13-12-30-21-23-17(9-18(26)25(13)21)11-29-20(28)15-3-2-8-24(10-15)19(27)14-4-6-16(22)7-5-14/h4-7,9,12,15H,2-3,8,10-11H2,1H3.